The highest BCUT2D eigenvalue weighted by Gasteiger charge is 2.20. The summed E-state index contributed by atoms with van der Waals surface area (Å²) >= 11 is 4.15. The quantitative estimate of drug-likeness (QED) is 0.921. The molecule has 18 heavy (non-hydrogen) atoms. The molecule has 0 aliphatic carbocycles. The highest BCUT2D eigenvalue weighted by atomic mass is 79.9. The van der Waals surface area contributed by atoms with E-state index in [0.717, 1.165) is 23.5 Å². The van der Waals surface area contributed by atoms with Crippen LogP contribution in [-0.4, -0.2) is 13.4 Å². The van der Waals surface area contributed by atoms with Crippen LogP contribution in [0.2, 0.25) is 0 Å². The number of anilines is 1. The van der Waals surface area contributed by atoms with Crippen LogP contribution in [0, 0.1) is 11.6 Å². The minimum Gasteiger partial charge on any atom is -0.255 e. The topological polar surface area (TPSA) is 59.1 Å². The summed E-state index contributed by atoms with van der Waals surface area (Å²) in [5.74, 6) is -2.00. The maximum Gasteiger partial charge on any atom is 0.266 e. The lowest BCUT2D eigenvalue weighted by Crippen LogP contribution is -2.14. The van der Waals surface area contributed by atoms with Crippen LogP contribution in [0.4, 0.5) is 13.9 Å². The summed E-state index contributed by atoms with van der Waals surface area (Å²) in [5, 5.41) is 0.0885. The number of thiazole rings is 1. The Kier molecular flexibility index (Phi) is 3.64. The Labute approximate surface area is 114 Å². The van der Waals surface area contributed by atoms with Gasteiger partial charge in [0.1, 0.15) is 16.5 Å². The zero-order valence-electron chi connectivity index (χ0n) is 8.52. The minimum absolute atomic E-state index is 0.0885. The van der Waals surface area contributed by atoms with Crippen LogP contribution in [0.3, 0.4) is 0 Å². The third-order valence-corrected chi connectivity index (χ3v) is 4.78. The fourth-order valence-corrected chi connectivity index (χ4v) is 3.57. The second kappa shape index (κ2) is 4.90. The SMILES string of the molecule is O=S(=O)(Nc1ncc(Br)s1)c1ccc(F)cc1F. The molecule has 0 radical (unpaired) electrons. The smallest absolute Gasteiger partial charge is 0.255 e. The first kappa shape index (κ1) is 13.4. The highest BCUT2D eigenvalue weighted by molar-refractivity contribution is 9.11. The molecule has 0 bridgehead atoms. The summed E-state index contributed by atoms with van der Waals surface area (Å²) in [6.45, 7) is 0. The van der Waals surface area contributed by atoms with Gasteiger partial charge < -0.3 is 0 Å². The fourth-order valence-electron chi connectivity index (χ4n) is 1.16. The van der Waals surface area contributed by atoms with E-state index < -0.39 is 26.6 Å². The van der Waals surface area contributed by atoms with E-state index in [-0.39, 0.29) is 5.13 Å². The second-order valence-corrected chi connectivity index (χ2v) is 7.21. The van der Waals surface area contributed by atoms with E-state index in [0.29, 0.717) is 9.85 Å². The first-order valence-electron chi connectivity index (χ1n) is 4.48. The molecule has 96 valence electrons. The van der Waals surface area contributed by atoms with Gasteiger partial charge in [-0.1, -0.05) is 11.3 Å². The lowest BCUT2D eigenvalue weighted by molar-refractivity contribution is 0.551. The standard InChI is InChI=1S/C9H5BrF2N2O2S2/c10-8-4-13-9(17-8)14-18(15,16)7-2-1-5(11)3-6(7)12/h1-4H,(H,13,14). The first-order chi connectivity index (χ1) is 8.38. The zero-order chi connectivity index (χ0) is 13.3. The maximum absolute atomic E-state index is 13.4. The minimum atomic E-state index is -4.11. The van der Waals surface area contributed by atoms with Crippen LogP contribution in [0.15, 0.2) is 33.1 Å². The van der Waals surface area contributed by atoms with Gasteiger partial charge in [0.2, 0.25) is 0 Å². The molecule has 0 aliphatic heterocycles. The zero-order valence-corrected chi connectivity index (χ0v) is 11.7. The van der Waals surface area contributed by atoms with Gasteiger partial charge in [0, 0.05) is 6.07 Å². The molecule has 1 aromatic heterocycles. The van der Waals surface area contributed by atoms with E-state index in [4.69, 9.17) is 0 Å². The molecule has 0 atom stereocenters. The van der Waals surface area contributed by atoms with Crippen LogP contribution in [-0.2, 0) is 10.0 Å². The molecular formula is C9H5BrF2N2O2S2. The van der Waals surface area contributed by atoms with Crippen molar-refractivity contribution in [2.24, 2.45) is 0 Å². The molecular weight excluding hydrogens is 350 g/mol. The summed E-state index contributed by atoms with van der Waals surface area (Å²) in [4.78, 5) is 3.13. The van der Waals surface area contributed by atoms with Crippen molar-refractivity contribution in [2.45, 2.75) is 4.90 Å². The molecule has 0 aliphatic rings. The molecule has 0 fully saturated rings. The molecule has 1 aromatic carbocycles. The Morgan fingerprint density at radius 2 is 2.06 bits per heavy atom. The molecule has 2 aromatic rings. The normalized spacial score (nSPS) is 11.5. The van der Waals surface area contributed by atoms with E-state index >= 15 is 0 Å². The number of rotatable bonds is 3. The van der Waals surface area contributed by atoms with Crippen LogP contribution in [0.5, 0.6) is 0 Å². The van der Waals surface area contributed by atoms with Crippen molar-refractivity contribution in [1.82, 2.24) is 4.98 Å². The average Bonchev–Trinajstić information content (AvgIpc) is 2.62. The van der Waals surface area contributed by atoms with Crippen LogP contribution in [0.1, 0.15) is 0 Å². The Morgan fingerprint density at radius 1 is 1.33 bits per heavy atom. The summed E-state index contributed by atoms with van der Waals surface area (Å²) in [5.41, 5.74) is 0. The van der Waals surface area contributed by atoms with Crippen LogP contribution < -0.4 is 4.72 Å². The van der Waals surface area contributed by atoms with Crippen molar-refractivity contribution in [3.63, 3.8) is 0 Å². The van der Waals surface area contributed by atoms with Gasteiger partial charge in [-0.15, -0.1) is 0 Å². The molecule has 0 saturated heterocycles. The molecule has 1 N–H and O–H groups in total. The number of nitrogens with one attached hydrogen (secondary N) is 1. The fraction of sp³-hybridized carbons (Fsp3) is 0. The van der Waals surface area contributed by atoms with Crippen molar-refractivity contribution in [3.8, 4) is 0 Å². The predicted molar refractivity (Wildman–Crippen MR) is 67.0 cm³/mol. The Bertz CT molecular complexity index is 688. The molecule has 0 spiro atoms. The van der Waals surface area contributed by atoms with Gasteiger partial charge >= 0.3 is 0 Å². The van der Waals surface area contributed by atoms with Gasteiger partial charge in [0.05, 0.1) is 9.98 Å². The maximum atomic E-state index is 13.4. The number of sulfonamides is 1. The van der Waals surface area contributed by atoms with Crippen molar-refractivity contribution in [2.75, 3.05) is 4.72 Å². The van der Waals surface area contributed by atoms with Crippen molar-refractivity contribution in [1.29, 1.82) is 0 Å². The van der Waals surface area contributed by atoms with Crippen molar-refractivity contribution < 1.29 is 17.2 Å². The number of benzene rings is 1. The average molecular weight is 355 g/mol. The number of nitrogens with zero attached hydrogens (tertiary/aromatic N) is 1. The summed E-state index contributed by atoms with van der Waals surface area (Å²) < 4.78 is 52.4. The Balaban J connectivity index is 2.36. The van der Waals surface area contributed by atoms with Gasteiger partial charge in [-0.3, -0.25) is 4.72 Å². The van der Waals surface area contributed by atoms with Gasteiger partial charge in [-0.2, -0.15) is 0 Å². The third kappa shape index (κ3) is 2.85. The van der Waals surface area contributed by atoms with Gasteiger partial charge in [0.25, 0.3) is 10.0 Å². The molecule has 4 nitrogen and oxygen atoms in total. The van der Waals surface area contributed by atoms with Crippen LogP contribution in [0.25, 0.3) is 0 Å². The Hall–Kier alpha value is -1.06. The molecule has 0 unspecified atom stereocenters. The van der Waals surface area contributed by atoms with E-state index in [1.54, 1.807) is 0 Å². The highest BCUT2D eigenvalue weighted by Crippen LogP contribution is 2.26. The summed E-state index contributed by atoms with van der Waals surface area (Å²) in [6.07, 6.45) is 1.41. The number of hydrogen-bond acceptors (Lipinski definition) is 4. The lowest BCUT2D eigenvalue weighted by atomic mass is 10.3. The first-order valence-corrected chi connectivity index (χ1v) is 7.57. The summed E-state index contributed by atoms with van der Waals surface area (Å²) in [7, 11) is -4.11. The second-order valence-electron chi connectivity index (χ2n) is 3.15. The number of aromatic nitrogens is 1. The molecule has 1 heterocycles. The van der Waals surface area contributed by atoms with Gasteiger partial charge in [-0.25, -0.2) is 22.2 Å². The van der Waals surface area contributed by atoms with Gasteiger partial charge in [0.15, 0.2) is 5.13 Å². The third-order valence-electron chi connectivity index (χ3n) is 1.88. The van der Waals surface area contributed by atoms with Crippen LogP contribution >= 0.6 is 27.3 Å². The largest absolute Gasteiger partial charge is 0.266 e. The molecule has 2 rings (SSSR count). The van der Waals surface area contributed by atoms with Crippen molar-refractivity contribution in [3.05, 3.63) is 39.8 Å². The monoisotopic (exact) mass is 354 g/mol. The van der Waals surface area contributed by atoms with E-state index in [1.165, 1.54) is 6.20 Å². The number of halogens is 3. The molecule has 0 amide bonds. The molecule has 0 saturated carbocycles. The lowest BCUT2D eigenvalue weighted by Gasteiger charge is -2.05. The summed E-state index contributed by atoms with van der Waals surface area (Å²) in [6, 6.07) is 2.23. The van der Waals surface area contributed by atoms with E-state index in [1.807, 2.05) is 0 Å². The Morgan fingerprint density at radius 3 is 2.61 bits per heavy atom. The van der Waals surface area contributed by atoms with E-state index in [2.05, 4.69) is 25.6 Å². The van der Waals surface area contributed by atoms with Crippen molar-refractivity contribution >= 4 is 42.4 Å². The van der Waals surface area contributed by atoms with E-state index in [9.17, 15) is 17.2 Å². The number of hydrogen-bond donors (Lipinski definition) is 1. The molecule has 9 heteroatoms. The predicted octanol–water partition coefficient (Wildman–Crippen LogP) is 2.98. The van der Waals surface area contributed by atoms with Gasteiger partial charge in [-0.05, 0) is 28.1 Å².